The predicted molar refractivity (Wildman–Crippen MR) is 57.7 cm³/mol. The highest BCUT2D eigenvalue weighted by Gasteiger charge is 2.19. The van der Waals surface area contributed by atoms with Gasteiger partial charge in [-0.05, 0) is 44.8 Å². The third kappa shape index (κ3) is 7.03. The first kappa shape index (κ1) is 11.0. The zero-order chi connectivity index (χ0) is 9.36. The van der Waals surface area contributed by atoms with Crippen molar-refractivity contribution in [1.82, 2.24) is 5.32 Å². The van der Waals surface area contributed by atoms with E-state index in [2.05, 4.69) is 5.32 Å². The molecule has 0 atom stereocenters. The molecule has 2 nitrogen and oxygen atoms in total. The van der Waals surface area contributed by atoms with E-state index in [4.69, 9.17) is 5.73 Å². The summed E-state index contributed by atoms with van der Waals surface area (Å²) in [6.07, 6.45) is 9.54. The van der Waals surface area contributed by atoms with Gasteiger partial charge in [-0.1, -0.05) is 25.7 Å². The maximum Gasteiger partial charge on any atom is -0.00463 e. The highest BCUT2D eigenvalue weighted by Crippen LogP contribution is 2.31. The van der Waals surface area contributed by atoms with Crippen molar-refractivity contribution in [2.24, 2.45) is 11.7 Å². The van der Waals surface area contributed by atoms with E-state index in [9.17, 15) is 0 Å². The molecule has 2 heteroatoms. The Kier molecular flexibility index (Phi) is 6.21. The Hall–Kier alpha value is -0.0800. The van der Waals surface area contributed by atoms with Crippen molar-refractivity contribution >= 4 is 0 Å². The molecule has 1 aliphatic carbocycles. The molecule has 0 aromatic carbocycles. The third-order valence-electron chi connectivity index (χ3n) is 2.73. The zero-order valence-electron chi connectivity index (χ0n) is 8.73. The highest BCUT2D eigenvalue weighted by molar-refractivity contribution is 4.73. The van der Waals surface area contributed by atoms with Crippen molar-refractivity contribution in [1.29, 1.82) is 0 Å². The molecule has 0 saturated heterocycles. The molecule has 1 rings (SSSR count). The van der Waals surface area contributed by atoms with E-state index in [0.717, 1.165) is 12.5 Å². The molecule has 0 spiro atoms. The van der Waals surface area contributed by atoms with E-state index >= 15 is 0 Å². The Balaban J connectivity index is 1.63. The lowest BCUT2D eigenvalue weighted by Gasteiger charge is -2.03. The Morgan fingerprint density at radius 2 is 1.77 bits per heavy atom. The fraction of sp³-hybridized carbons (Fsp3) is 1.00. The maximum absolute atomic E-state index is 5.42. The predicted octanol–water partition coefficient (Wildman–Crippen LogP) is 1.90. The van der Waals surface area contributed by atoms with Gasteiger partial charge in [-0.2, -0.15) is 0 Å². The molecule has 0 radical (unpaired) electrons. The third-order valence-corrected chi connectivity index (χ3v) is 2.73. The van der Waals surface area contributed by atoms with Gasteiger partial charge in [-0.3, -0.25) is 0 Å². The summed E-state index contributed by atoms with van der Waals surface area (Å²) < 4.78 is 0. The molecule has 0 aliphatic heterocycles. The quantitative estimate of drug-likeness (QED) is 0.537. The molecule has 0 unspecified atom stereocenters. The maximum atomic E-state index is 5.42. The minimum atomic E-state index is 0.856. The minimum Gasteiger partial charge on any atom is -0.330 e. The van der Waals surface area contributed by atoms with Crippen LogP contribution in [0.25, 0.3) is 0 Å². The molecular formula is C11H24N2. The minimum absolute atomic E-state index is 0.856. The summed E-state index contributed by atoms with van der Waals surface area (Å²) >= 11 is 0. The summed E-state index contributed by atoms with van der Waals surface area (Å²) in [6, 6.07) is 0. The fourth-order valence-electron chi connectivity index (χ4n) is 1.59. The van der Waals surface area contributed by atoms with Gasteiger partial charge in [-0.15, -0.1) is 0 Å². The Labute approximate surface area is 82.3 Å². The van der Waals surface area contributed by atoms with E-state index < -0.39 is 0 Å². The van der Waals surface area contributed by atoms with Crippen LogP contribution in [0.5, 0.6) is 0 Å². The lowest BCUT2D eigenvalue weighted by molar-refractivity contribution is 0.565. The van der Waals surface area contributed by atoms with Crippen LogP contribution in [-0.4, -0.2) is 19.6 Å². The van der Waals surface area contributed by atoms with Crippen LogP contribution in [0, 0.1) is 5.92 Å². The van der Waals surface area contributed by atoms with Crippen LogP contribution in [-0.2, 0) is 0 Å². The van der Waals surface area contributed by atoms with Gasteiger partial charge in [0, 0.05) is 0 Å². The first-order valence-corrected chi connectivity index (χ1v) is 5.84. The molecule has 1 fully saturated rings. The van der Waals surface area contributed by atoms with Gasteiger partial charge in [0.25, 0.3) is 0 Å². The van der Waals surface area contributed by atoms with E-state index in [1.165, 1.54) is 58.0 Å². The smallest absolute Gasteiger partial charge is 0.00463 e. The monoisotopic (exact) mass is 184 g/mol. The summed E-state index contributed by atoms with van der Waals surface area (Å²) in [5.74, 6) is 1.07. The molecule has 1 aliphatic rings. The second-order valence-corrected chi connectivity index (χ2v) is 4.18. The van der Waals surface area contributed by atoms with Crippen molar-refractivity contribution in [3.8, 4) is 0 Å². The second-order valence-electron chi connectivity index (χ2n) is 4.18. The summed E-state index contributed by atoms with van der Waals surface area (Å²) in [6.45, 7) is 3.30. The Morgan fingerprint density at radius 1 is 1.00 bits per heavy atom. The van der Waals surface area contributed by atoms with Gasteiger partial charge in [0.1, 0.15) is 0 Å². The van der Waals surface area contributed by atoms with Crippen LogP contribution in [0.4, 0.5) is 0 Å². The molecule has 78 valence electrons. The van der Waals surface area contributed by atoms with Crippen molar-refractivity contribution < 1.29 is 0 Å². The zero-order valence-corrected chi connectivity index (χ0v) is 8.73. The Bertz CT molecular complexity index is 111. The Morgan fingerprint density at radius 3 is 2.46 bits per heavy atom. The molecule has 1 saturated carbocycles. The molecular weight excluding hydrogens is 160 g/mol. The van der Waals surface area contributed by atoms with Crippen molar-refractivity contribution in [2.75, 3.05) is 19.6 Å². The van der Waals surface area contributed by atoms with Gasteiger partial charge < -0.3 is 11.1 Å². The summed E-state index contributed by atoms with van der Waals surface area (Å²) in [4.78, 5) is 0. The van der Waals surface area contributed by atoms with Gasteiger partial charge in [0.05, 0.1) is 0 Å². The highest BCUT2D eigenvalue weighted by atomic mass is 14.8. The number of nitrogens with two attached hydrogens (primary N) is 1. The van der Waals surface area contributed by atoms with Crippen LogP contribution in [0.2, 0.25) is 0 Å². The number of hydrogen-bond acceptors (Lipinski definition) is 2. The van der Waals surface area contributed by atoms with Crippen molar-refractivity contribution in [2.45, 2.75) is 44.9 Å². The number of unbranched alkanes of at least 4 members (excludes halogenated alkanes) is 3. The van der Waals surface area contributed by atoms with Crippen LogP contribution >= 0.6 is 0 Å². The molecule has 0 aromatic heterocycles. The average molecular weight is 184 g/mol. The number of hydrogen-bond donors (Lipinski definition) is 2. The standard InChI is InChI=1S/C11H24N2/c12-8-3-1-2-4-9-13-10-7-11-5-6-11/h11,13H,1-10,12H2. The lowest BCUT2D eigenvalue weighted by atomic mass is 10.2. The first-order valence-electron chi connectivity index (χ1n) is 5.84. The van der Waals surface area contributed by atoms with E-state index in [1.807, 2.05) is 0 Å². The summed E-state index contributed by atoms with van der Waals surface area (Å²) in [5, 5.41) is 3.50. The SMILES string of the molecule is NCCCCCCNCCC1CC1. The van der Waals surface area contributed by atoms with Gasteiger partial charge in [0.15, 0.2) is 0 Å². The molecule has 13 heavy (non-hydrogen) atoms. The number of rotatable bonds is 9. The van der Waals surface area contributed by atoms with Crippen LogP contribution in [0.3, 0.4) is 0 Å². The van der Waals surface area contributed by atoms with Crippen LogP contribution in [0.15, 0.2) is 0 Å². The molecule has 3 N–H and O–H groups in total. The number of nitrogens with one attached hydrogen (secondary N) is 1. The molecule has 0 amide bonds. The van der Waals surface area contributed by atoms with E-state index in [-0.39, 0.29) is 0 Å². The summed E-state index contributed by atoms with van der Waals surface area (Å²) in [5.41, 5.74) is 5.42. The van der Waals surface area contributed by atoms with Crippen LogP contribution < -0.4 is 11.1 Å². The normalized spacial score (nSPS) is 16.4. The molecule has 0 bridgehead atoms. The second kappa shape index (κ2) is 7.34. The topological polar surface area (TPSA) is 38.0 Å². The van der Waals surface area contributed by atoms with Gasteiger partial charge >= 0.3 is 0 Å². The first-order chi connectivity index (χ1) is 6.43. The van der Waals surface area contributed by atoms with Crippen LogP contribution in [0.1, 0.15) is 44.9 Å². The largest absolute Gasteiger partial charge is 0.330 e. The molecule has 0 aromatic rings. The average Bonchev–Trinajstić information content (AvgIpc) is 2.93. The van der Waals surface area contributed by atoms with Crippen molar-refractivity contribution in [3.05, 3.63) is 0 Å². The van der Waals surface area contributed by atoms with E-state index in [1.54, 1.807) is 0 Å². The summed E-state index contributed by atoms with van der Waals surface area (Å²) in [7, 11) is 0. The van der Waals surface area contributed by atoms with Gasteiger partial charge in [-0.25, -0.2) is 0 Å². The molecule has 0 heterocycles. The van der Waals surface area contributed by atoms with E-state index in [0.29, 0.717) is 0 Å². The van der Waals surface area contributed by atoms with Gasteiger partial charge in [0.2, 0.25) is 0 Å². The fourth-order valence-corrected chi connectivity index (χ4v) is 1.59. The lowest BCUT2D eigenvalue weighted by Crippen LogP contribution is -2.17. The van der Waals surface area contributed by atoms with Crippen molar-refractivity contribution in [3.63, 3.8) is 0 Å².